The van der Waals surface area contributed by atoms with Crippen LogP contribution >= 0.6 is 0 Å². The van der Waals surface area contributed by atoms with Crippen molar-refractivity contribution in [2.75, 3.05) is 0 Å². The second-order valence-corrected chi connectivity index (χ2v) is 5.02. The number of hydrogen-bond acceptors (Lipinski definition) is 2. The summed E-state index contributed by atoms with van der Waals surface area (Å²) < 4.78 is 28.2. The van der Waals surface area contributed by atoms with Gasteiger partial charge < -0.3 is 9.67 Å². The first-order valence-electron chi connectivity index (χ1n) is 6.12. The van der Waals surface area contributed by atoms with Crippen LogP contribution in [0.4, 0.5) is 8.78 Å². The Morgan fingerprint density at radius 3 is 2.65 bits per heavy atom. The predicted molar refractivity (Wildman–Crippen MR) is 68.4 cm³/mol. The zero-order chi connectivity index (χ0) is 14.6. The van der Waals surface area contributed by atoms with Crippen molar-refractivity contribution in [1.29, 1.82) is 0 Å². The number of aromatic nitrogens is 1. The Kier molecular flexibility index (Phi) is 2.64. The summed E-state index contributed by atoms with van der Waals surface area (Å²) in [5.74, 6) is -2.02. The van der Waals surface area contributed by atoms with Gasteiger partial charge in [0.05, 0.1) is 11.6 Å². The Morgan fingerprint density at radius 2 is 2.10 bits per heavy atom. The van der Waals surface area contributed by atoms with Crippen LogP contribution in [0.2, 0.25) is 0 Å². The maximum atomic E-state index is 13.5. The van der Waals surface area contributed by atoms with Crippen LogP contribution < -0.4 is 5.43 Å². The van der Waals surface area contributed by atoms with Crippen LogP contribution in [0, 0.1) is 12.7 Å². The molecule has 1 aromatic carbocycles. The lowest BCUT2D eigenvalue weighted by Crippen LogP contribution is -2.19. The van der Waals surface area contributed by atoms with Gasteiger partial charge in [-0.3, -0.25) is 4.79 Å². The molecule has 0 amide bonds. The molecular weight excluding hydrogens is 268 g/mol. The highest BCUT2D eigenvalue weighted by Gasteiger charge is 2.40. The molecule has 0 spiro atoms. The van der Waals surface area contributed by atoms with Crippen molar-refractivity contribution < 1.29 is 18.7 Å². The zero-order valence-corrected chi connectivity index (χ0v) is 10.6. The molecule has 2 atom stereocenters. The number of alkyl halides is 1. The molecule has 3 rings (SSSR count). The third-order valence-corrected chi connectivity index (χ3v) is 3.55. The zero-order valence-electron chi connectivity index (χ0n) is 10.6. The van der Waals surface area contributed by atoms with Gasteiger partial charge in [-0.25, -0.2) is 13.6 Å². The number of pyridine rings is 1. The Morgan fingerprint density at radius 1 is 1.45 bits per heavy atom. The first-order valence-corrected chi connectivity index (χ1v) is 6.12. The van der Waals surface area contributed by atoms with E-state index in [9.17, 15) is 18.4 Å². The SMILES string of the molecule is Cc1cc(F)cc2c(=O)c(C(=O)O)cn(C3CC3F)c12. The van der Waals surface area contributed by atoms with E-state index < -0.39 is 35.0 Å². The van der Waals surface area contributed by atoms with E-state index in [-0.39, 0.29) is 11.8 Å². The molecule has 20 heavy (non-hydrogen) atoms. The van der Waals surface area contributed by atoms with E-state index >= 15 is 0 Å². The Hall–Kier alpha value is -2.24. The first-order chi connectivity index (χ1) is 9.40. The van der Waals surface area contributed by atoms with E-state index in [1.807, 2.05) is 0 Å². The van der Waals surface area contributed by atoms with E-state index in [4.69, 9.17) is 5.11 Å². The van der Waals surface area contributed by atoms with Crippen molar-refractivity contribution in [3.8, 4) is 0 Å². The van der Waals surface area contributed by atoms with Crippen LogP contribution in [0.1, 0.15) is 28.4 Å². The van der Waals surface area contributed by atoms with Crippen molar-refractivity contribution in [2.45, 2.75) is 25.6 Å². The molecular formula is C14H11F2NO3. The third kappa shape index (κ3) is 1.79. The van der Waals surface area contributed by atoms with E-state index in [0.717, 1.165) is 12.3 Å². The maximum Gasteiger partial charge on any atom is 0.341 e. The van der Waals surface area contributed by atoms with Gasteiger partial charge in [-0.1, -0.05) is 0 Å². The summed E-state index contributed by atoms with van der Waals surface area (Å²) in [6, 6.07) is 1.76. The molecule has 2 unspecified atom stereocenters. The van der Waals surface area contributed by atoms with E-state index in [0.29, 0.717) is 11.1 Å². The van der Waals surface area contributed by atoms with Gasteiger partial charge in [0.25, 0.3) is 0 Å². The number of carboxylic acids is 1. The summed E-state index contributed by atoms with van der Waals surface area (Å²) in [7, 11) is 0. The average Bonchev–Trinajstić information content (AvgIpc) is 3.07. The molecule has 0 radical (unpaired) electrons. The number of fused-ring (bicyclic) bond motifs is 1. The molecule has 104 valence electrons. The van der Waals surface area contributed by atoms with Crippen LogP contribution in [0.25, 0.3) is 10.9 Å². The van der Waals surface area contributed by atoms with Crippen molar-refractivity contribution in [1.82, 2.24) is 4.57 Å². The van der Waals surface area contributed by atoms with Crippen LogP contribution in [0.3, 0.4) is 0 Å². The highest BCUT2D eigenvalue weighted by molar-refractivity contribution is 5.93. The van der Waals surface area contributed by atoms with E-state index in [1.54, 1.807) is 6.92 Å². The number of carbonyl (C=O) groups is 1. The molecule has 1 heterocycles. The minimum absolute atomic E-state index is 0.0264. The van der Waals surface area contributed by atoms with E-state index in [2.05, 4.69) is 0 Å². The van der Waals surface area contributed by atoms with Gasteiger partial charge >= 0.3 is 5.97 Å². The number of aryl methyl sites for hydroxylation is 1. The predicted octanol–water partition coefficient (Wildman–Crippen LogP) is 2.43. The smallest absolute Gasteiger partial charge is 0.341 e. The molecule has 1 saturated carbocycles. The van der Waals surface area contributed by atoms with Crippen molar-refractivity contribution >= 4 is 16.9 Å². The number of carboxylic acid groups (broad SMARTS) is 1. The Labute approximate surface area is 112 Å². The van der Waals surface area contributed by atoms with Gasteiger partial charge in [0.1, 0.15) is 17.6 Å². The van der Waals surface area contributed by atoms with Gasteiger partial charge in [-0.05, 0) is 24.6 Å². The number of rotatable bonds is 2. The second-order valence-electron chi connectivity index (χ2n) is 5.02. The molecule has 1 aliphatic carbocycles. The Balaban J connectivity index is 2.45. The van der Waals surface area contributed by atoms with Crippen molar-refractivity contribution in [2.24, 2.45) is 0 Å². The molecule has 1 aromatic heterocycles. The normalized spacial score (nSPS) is 21.1. The van der Waals surface area contributed by atoms with Gasteiger partial charge in [0.15, 0.2) is 0 Å². The van der Waals surface area contributed by atoms with Gasteiger partial charge in [0.2, 0.25) is 5.43 Å². The van der Waals surface area contributed by atoms with Gasteiger partial charge in [-0.15, -0.1) is 0 Å². The van der Waals surface area contributed by atoms with Gasteiger partial charge in [0, 0.05) is 18.0 Å². The molecule has 2 aromatic rings. The molecule has 0 bridgehead atoms. The fraction of sp³-hybridized carbons (Fsp3) is 0.286. The van der Waals surface area contributed by atoms with Crippen molar-refractivity contribution in [3.05, 3.63) is 45.5 Å². The molecule has 4 nitrogen and oxygen atoms in total. The summed E-state index contributed by atoms with van der Waals surface area (Å²) in [4.78, 5) is 23.2. The largest absolute Gasteiger partial charge is 0.477 e. The number of benzene rings is 1. The van der Waals surface area contributed by atoms with Gasteiger partial charge in [-0.2, -0.15) is 0 Å². The average molecular weight is 279 g/mol. The molecule has 1 aliphatic rings. The highest BCUT2D eigenvalue weighted by Crippen LogP contribution is 2.41. The molecule has 6 heteroatoms. The third-order valence-electron chi connectivity index (χ3n) is 3.55. The number of hydrogen-bond donors (Lipinski definition) is 1. The lowest BCUT2D eigenvalue weighted by atomic mass is 10.1. The second kappa shape index (κ2) is 4.13. The number of halogens is 2. The summed E-state index contributed by atoms with van der Waals surface area (Å²) in [6.45, 7) is 1.61. The molecule has 0 aliphatic heterocycles. The fourth-order valence-electron chi connectivity index (χ4n) is 2.51. The summed E-state index contributed by atoms with van der Waals surface area (Å²) in [5.41, 5.74) is -0.344. The minimum atomic E-state index is -1.40. The van der Waals surface area contributed by atoms with E-state index in [1.165, 1.54) is 10.6 Å². The number of nitrogens with zero attached hydrogens (tertiary/aromatic N) is 1. The molecule has 1 N–H and O–H groups in total. The number of aromatic carboxylic acids is 1. The van der Waals surface area contributed by atoms with Crippen LogP contribution in [-0.4, -0.2) is 21.8 Å². The van der Waals surface area contributed by atoms with Crippen molar-refractivity contribution in [3.63, 3.8) is 0 Å². The monoisotopic (exact) mass is 279 g/mol. The lowest BCUT2D eigenvalue weighted by molar-refractivity contribution is 0.0694. The molecule has 1 fully saturated rings. The summed E-state index contributed by atoms with van der Waals surface area (Å²) in [5, 5.41) is 9.03. The summed E-state index contributed by atoms with van der Waals surface area (Å²) >= 11 is 0. The minimum Gasteiger partial charge on any atom is -0.477 e. The van der Waals surface area contributed by atoms with Crippen LogP contribution in [0.5, 0.6) is 0 Å². The first kappa shape index (κ1) is 12.8. The Bertz CT molecular complexity index is 797. The van der Waals surface area contributed by atoms with Crippen LogP contribution in [-0.2, 0) is 0 Å². The topological polar surface area (TPSA) is 59.3 Å². The quantitative estimate of drug-likeness (QED) is 0.918. The summed E-state index contributed by atoms with van der Waals surface area (Å²) in [6.07, 6.45) is 0.363. The highest BCUT2D eigenvalue weighted by atomic mass is 19.1. The lowest BCUT2D eigenvalue weighted by Gasteiger charge is -2.13. The van der Waals surface area contributed by atoms with Crippen LogP contribution in [0.15, 0.2) is 23.1 Å². The molecule has 0 saturated heterocycles. The fourth-order valence-corrected chi connectivity index (χ4v) is 2.51. The maximum absolute atomic E-state index is 13.5. The standard InChI is InChI=1S/C14H11F2NO3/c1-6-2-7(15)3-8-12(6)17(11-4-10(11)16)5-9(13(8)18)14(19)20/h2-3,5,10-11H,4H2,1H3,(H,19,20).